The Bertz CT molecular complexity index is 346. The van der Waals surface area contributed by atoms with E-state index in [2.05, 4.69) is 24.9 Å². The van der Waals surface area contributed by atoms with E-state index in [0.717, 1.165) is 18.0 Å². The summed E-state index contributed by atoms with van der Waals surface area (Å²) >= 11 is 8.15. The van der Waals surface area contributed by atoms with Gasteiger partial charge >= 0.3 is 0 Å². The van der Waals surface area contributed by atoms with E-state index >= 15 is 0 Å². The van der Waals surface area contributed by atoms with Gasteiger partial charge in [0.25, 0.3) is 0 Å². The highest BCUT2D eigenvalue weighted by atomic mass is 35.5. The Labute approximate surface area is 120 Å². The molecule has 0 saturated heterocycles. The molecule has 1 aromatic carbocycles. The van der Waals surface area contributed by atoms with Gasteiger partial charge in [-0.3, -0.25) is 4.90 Å². The summed E-state index contributed by atoms with van der Waals surface area (Å²) in [6.45, 7) is 3.75. The molecular weight excluding hydrogens is 264 g/mol. The van der Waals surface area contributed by atoms with E-state index in [4.69, 9.17) is 17.3 Å². The summed E-state index contributed by atoms with van der Waals surface area (Å²) in [4.78, 5) is 2.30. The highest BCUT2D eigenvalue weighted by Gasteiger charge is 2.14. The minimum Gasteiger partial charge on any atom is -0.329 e. The number of rotatable bonds is 8. The van der Waals surface area contributed by atoms with Crippen molar-refractivity contribution in [1.29, 1.82) is 0 Å². The standard InChI is InChI=1S/C14H23ClN2S/c1-3-18-9-8-13(10-16)17(2)11-12-6-4-5-7-14(12)15/h4-7,13H,3,8-11,16H2,1-2H3. The number of nitrogens with two attached hydrogens (primary N) is 1. The van der Waals surface area contributed by atoms with Gasteiger partial charge in [0.15, 0.2) is 0 Å². The molecule has 2 N–H and O–H groups in total. The molecule has 0 spiro atoms. The number of hydrogen-bond acceptors (Lipinski definition) is 3. The van der Waals surface area contributed by atoms with Crippen LogP contribution >= 0.6 is 23.4 Å². The molecule has 0 radical (unpaired) electrons. The van der Waals surface area contributed by atoms with Crippen molar-refractivity contribution in [3.05, 3.63) is 34.9 Å². The molecule has 0 aliphatic carbocycles. The molecule has 0 aliphatic rings. The monoisotopic (exact) mass is 286 g/mol. The lowest BCUT2D eigenvalue weighted by molar-refractivity contribution is 0.234. The van der Waals surface area contributed by atoms with E-state index in [1.54, 1.807) is 0 Å². The quantitative estimate of drug-likeness (QED) is 0.744. The second-order valence-electron chi connectivity index (χ2n) is 4.38. The van der Waals surface area contributed by atoms with Crippen LogP contribution in [0.15, 0.2) is 24.3 Å². The van der Waals surface area contributed by atoms with Gasteiger partial charge in [-0.1, -0.05) is 36.7 Å². The number of thioether (sulfide) groups is 1. The van der Waals surface area contributed by atoms with Crippen LogP contribution in [0.2, 0.25) is 5.02 Å². The summed E-state index contributed by atoms with van der Waals surface area (Å²) in [7, 11) is 2.12. The maximum atomic E-state index is 6.18. The smallest absolute Gasteiger partial charge is 0.0451 e. The maximum Gasteiger partial charge on any atom is 0.0451 e. The summed E-state index contributed by atoms with van der Waals surface area (Å²) in [5.74, 6) is 2.34. The molecule has 0 bridgehead atoms. The molecule has 1 aromatic rings. The SMILES string of the molecule is CCSCCC(CN)N(C)Cc1ccccc1Cl. The summed E-state index contributed by atoms with van der Waals surface area (Å²) in [5.41, 5.74) is 7.03. The first-order chi connectivity index (χ1) is 8.69. The summed E-state index contributed by atoms with van der Waals surface area (Å²) in [6, 6.07) is 8.44. The molecule has 1 rings (SSSR count). The van der Waals surface area contributed by atoms with E-state index in [9.17, 15) is 0 Å². The van der Waals surface area contributed by atoms with Crippen LogP contribution in [0.1, 0.15) is 18.9 Å². The van der Waals surface area contributed by atoms with Crippen molar-refractivity contribution in [1.82, 2.24) is 4.90 Å². The van der Waals surface area contributed by atoms with Crippen LogP contribution in [0.5, 0.6) is 0 Å². The molecule has 0 aliphatic heterocycles. The third-order valence-corrected chi connectivity index (χ3v) is 4.37. The van der Waals surface area contributed by atoms with E-state index in [1.165, 1.54) is 17.1 Å². The number of hydrogen-bond donors (Lipinski definition) is 1. The topological polar surface area (TPSA) is 29.3 Å². The Morgan fingerprint density at radius 2 is 2.11 bits per heavy atom. The number of nitrogens with zero attached hydrogens (tertiary/aromatic N) is 1. The van der Waals surface area contributed by atoms with Crippen molar-refractivity contribution in [2.75, 3.05) is 25.1 Å². The van der Waals surface area contributed by atoms with Crippen LogP contribution in [-0.4, -0.2) is 36.0 Å². The summed E-state index contributed by atoms with van der Waals surface area (Å²) in [5, 5.41) is 0.836. The molecule has 1 atom stereocenters. The first kappa shape index (κ1) is 15.8. The highest BCUT2D eigenvalue weighted by Crippen LogP contribution is 2.18. The van der Waals surface area contributed by atoms with Gasteiger partial charge < -0.3 is 5.73 Å². The average molecular weight is 287 g/mol. The van der Waals surface area contributed by atoms with Crippen LogP contribution in [0.4, 0.5) is 0 Å². The van der Waals surface area contributed by atoms with E-state index in [1.807, 2.05) is 30.0 Å². The lowest BCUT2D eigenvalue weighted by Gasteiger charge is -2.27. The molecule has 18 heavy (non-hydrogen) atoms. The molecule has 0 aromatic heterocycles. The lowest BCUT2D eigenvalue weighted by Crippen LogP contribution is -2.38. The van der Waals surface area contributed by atoms with Crippen LogP contribution in [0, 0.1) is 0 Å². The van der Waals surface area contributed by atoms with Crippen molar-refractivity contribution in [3.8, 4) is 0 Å². The Morgan fingerprint density at radius 1 is 1.39 bits per heavy atom. The van der Waals surface area contributed by atoms with Gasteiger partial charge in [0.05, 0.1) is 0 Å². The van der Waals surface area contributed by atoms with Crippen molar-refractivity contribution in [3.63, 3.8) is 0 Å². The van der Waals surface area contributed by atoms with Gasteiger partial charge in [0.2, 0.25) is 0 Å². The van der Waals surface area contributed by atoms with Crippen molar-refractivity contribution >= 4 is 23.4 Å². The summed E-state index contributed by atoms with van der Waals surface area (Å²) < 4.78 is 0. The van der Waals surface area contributed by atoms with Crippen molar-refractivity contribution in [2.45, 2.75) is 25.9 Å². The van der Waals surface area contributed by atoms with Crippen molar-refractivity contribution in [2.24, 2.45) is 5.73 Å². The molecule has 1 unspecified atom stereocenters. The normalized spacial score (nSPS) is 12.9. The van der Waals surface area contributed by atoms with Crippen LogP contribution < -0.4 is 5.73 Å². The third kappa shape index (κ3) is 5.19. The van der Waals surface area contributed by atoms with Gasteiger partial charge in [-0.15, -0.1) is 0 Å². The average Bonchev–Trinajstić information content (AvgIpc) is 2.37. The minimum atomic E-state index is 0.431. The Hall–Kier alpha value is -0.220. The molecule has 102 valence electrons. The van der Waals surface area contributed by atoms with Gasteiger partial charge in [0, 0.05) is 24.2 Å². The predicted molar refractivity (Wildman–Crippen MR) is 83.4 cm³/mol. The van der Waals surface area contributed by atoms with Crippen LogP contribution in [-0.2, 0) is 6.54 Å². The van der Waals surface area contributed by atoms with E-state index in [0.29, 0.717) is 12.6 Å². The Kier molecular flexibility index (Phi) is 7.75. The zero-order chi connectivity index (χ0) is 13.4. The highest BCUT2D eigenvalue weighted by molar-refractivity contribution is 7.99. The molecule has 4 heteroatoms. The number of halogens is 1. The van der Waals surface area contributed by atoms with Crippen LogP contribution in [0.3, 0.4) is 0 Å². The zero-order valence-electron chi connectivity index (χ0n) is 11.2. The second kappa shape index (κ2) is 8.81. The Morgan fingerprint density at radius 3 is 2.72 bits per heavy atom. The summed E-state index contributed by atoms with van der Waals surface area (Å²) in [6.07, 6.45) is 1.13. The van der Waals surface area contributed by atoms with Crippen molar-refractivity contribution < 1.29 is 0 Å². The van der Waals surface area contributed by atoms with E-state index in [-0.39, 0.29) is 0 Å². The molecule has 0 fully saturated rings. The Balaban J connectivity index is 2.51. The largest absolute Gasteiger partial charge is 0.329 e. The third-order valence-electron chi connectivity index (χ3n) is 3.07. The molecule has 0 heterocycles. The molecule has 2 nitrogen and oxygen atoms in total. The first-order valence-corrected chi connectivity index (χ1v) is 7.93. The molecule has 0 amide bonds. The van der Waals surface area contributed by atoms with Gasteiger partial charge in [0.1, 0.15) is 0 Å². The first-order valence-electron chi connectivity index (χ1n) is 6.40. The lowest BCUT2D eigenvalue weighted by atomic mass is 10.1. The van der Waals surface area contributed by atoms with Gasteiger partial charge in [-0.2, -0.15) is 11.8 Å². The zero-order valence-corrected chi connectivity index (χ0v) is 12.8. The number of likely N-dealkylation sites (N-methyl/N-ethyl adjacent to an activating group) is 1. The van der Waals surface area contributed by atoms with E-state index < -0.39 is 0 Å². The fourth-order valence-corrected chi connectivity index (χ4v) is 2.83. The number of benzene rings is 1. The fourth-order valence-electron chi connectivity index (χ4n) is 1.91. The van der Waals surface area contributed by atoms with Crippen LogP contribution in [0.25, 0.3) is 0 Å². The molecular formula is C14H23ClN2S. The minimum absolute atomic E-state index is 0.431. The second-order valence-corrected chi connectivity index (χ2v) is 6.18. The van der Waals surface area contributed by atoms with Gasteiger partial charge in [-0.25, -0.2) is 0 Å². The fraction of sp³-hybridized carbons (Fsp3) is 0.571. The maximum absolute atomic E-state index is 6.18. The predicted octanol–water partition coefficient (Wildman–Crippen LogP) is 3.24. The van der Waals surface area contributed by atoms with Gasteiger partial charge in [-0.05, 0) is 36.6 Å². The molecule has 0 saturated carbocycles.